The van der Waals surface area contributed by atoms with Gasteiger partial charge < -0.3 is 10.6 Å². The lowest BCUT2D eigenvalue weighted by Gasteiger charge is -2.13. The van der Waals surface area contributed by atoms with Crippen LogP contribution in [-0.4, -0.2) is 24.4 Å². The molecular formula is C12H14Cl2N2O2. The third kappa shape index (κ3) is 3.89. The maximum absolute atomic E-state index is 11.8. The molecule has 0 aliphatic heterocycles. The summed E-state index contributed by atoms with van der Waals surface area (Å²) in [5.41, 5.74) is 0.362. The Hall–Kier alpha value is -1.26. The van der Waals surface area contributed by atoms with Gasteiger partial charge in [0.2, 0.25) is 5.91 Å². The van der Waals surface area contributed by atoms with E-state index in [0.29, 0.717) is 22.2 Å². The quantitative estimate of drug-likeness (QED) is 0.893. The Balaban J connectivity index is 2.70. The van der Waals surface area contributed by atoms with Gasteiger partial charge in [-0.2, -0.15) is 0 Å². The zero-order valence-electron chi connectivity index (χ0n) is 10.1. The van der Waals surface area contributed by atoms with E-state index in [1.165, 1.54) is 12.1 Å². The Morgan fingerprint density at radius 2 is 1.94 bits per heavy atom. The number of carbonyl (C=O) groups is 2. The third-order valence-corrected chi connectivity index (χ3v) is 3.01. The molecule has 0 aliphatic rings. The number of halogens is 2. The van der Waals surface area contributed by atoms with Gasteiger partial charge in [0.25, 0.3) is 5.91 Å². The van der Waals surface area contributed by atoms with Crippen LogP contribution in [0.2, 0.25) is 10.0 Å². The molecular weight excluding hydrogens is 275 g/mol. The molecule has 2 N–H and O–H groups in total. The summed E-state index contributed by atoms with van der Waals surface area (Å²) in [5.74, 6) is -0.599. The van der Waals surface area contributed by atoms with Crippen molar-refractivity contribution in [2.24, 2.45) is 0 Å². The summed E-state index contributed by atoms with van der Waals surface area (Å²) in [4.78, 5) is 23.3. The van der Waals surface area contributed by atoms with E-state index in [1.54, 1.807) is 13.0 Å². The first-order valence-corrected chi connectivity index (χ1v) is 6.25. The van der Waals surface area contributed by atoms with Crippen LogP contribution < -0.4 is 10.6 Å². The molecule has 1 rings (SSSR count). The molecule has 4 nitrogen and oxygen atoms in total. The number of nitrogens with one attached hydrogen (secondary N) is 2. The highest BCUT2D eigenvalue weighted by molar-refractivity contribution is 6.42. The average Bonchev–Trinajstić information content (AvgIpc) is 2.32. The SMILES string of the molecule is CCNC(=O)[C@H](C)NC(=O)c1ccc(Cl)c(Cl)c1. The molecule has 0 bridgehead atoms. The van der Waals surface area contributed by atoms with Crippen LogP contribution in [-0.2, 0) is 4.79 Å². The summed E-state index contributed by atoms with van der Waals surface area (Å²) in [7, 11) is 0. The minimum Gasteiger partial charge on any atom is -0.355 e. The van der Waals surface area contributed by atoms with Gasteiger partial charge in [-0.05, 0) is 32.0 Å². The number of amides is 2. The summed E-state index contributed by atoms with van der Waals surface area (Å²) in [6.45, 7) is 3.94. The van der Waals surface area contributed by atoms with Gasteiger partial charge in [0.15, 0.2) is 0 Å². The molecule has 0 radical (unpaired) electrons. The van der Waals surface area contributed by atoms with Crippen molar-refractivity contribution < 1.29 is 9.59 Å². The smallest absolute Gasteiger partial charge is 0.251 e. The molecule has 0 unspecified atom stereocenters. The lowest BCUT2D eigenvalue weighted by Crippen LogP contribution is -2.44. The third-order valence-electron chi connectivity index (χ3n) is 2.27. The van der Waals surface area contributed by atoms with Crippen LogP contribution >= 0.6 is 23.2 Å². The first-order chi connectivity index (χ1) is 8.45. The molecule has 0 heterocycles. The maximum Gasteiger partial charge on any atom is 0.251 e. The lowest BCUT2D eigenvalue weighted by atomic mass is 10.2. The Morgan fingerprint density at radius 1 is 1.28 bits per heavy atom. The molecule has 18 heavy (non-hydrogen) atoms. The van der Waals surface area contributed by atoms with Crippen molar-refractivity contribution in [3.8, 4) is 0 Å². The molecule has 2 amide bonds. The van der Waals surface area contributed by atoms with Crippen molar-refractivity contribution in [3.05, 3.63) is 33.8 Å². The number of likely N-dealkylation sites (N-methyl/N-ethyl adjacent to an activating group) is 1. The molecule has 0 aliphatic carbocycles. The molecule has 0 fully saturated rings. The number of hydrogen-bond donors (Lipinski definition) is 2. The standard InChI is InChI=1S/C12H14Cl2N2O2/c1-3-15-11(17)7(2)16-12(18)8-4-5-9(13)10(14)6-8/h4-7H,3H2,1-2H3,(H,15,17)(H,16,18)/t7-/m0/s1. The fraction of sp³-hybridized carbons (Fsp3) is 0.333. The van der Waals surface area contributed by atoms with E-state index in [-0.39, 0.29) is 11.8 Å². The van der Waals surface area contributed by atoms with Gasteiger partial charge in [-0.1, -0.05) is 23.2 Å². The van der Waals surface area contributed by atoms with Crippen LogP contribution in [0, 0.1) is 0 Å². The average molecular weight is 289 g/mol. The van der Waals surface area contributed by atoms with E-state index in [1.807, 2.05) is 6.92 Å². The molecule has 0 spiro atoms. The lowest BCUT2D eigenvalue weighted by molar-refractivity contribution is -0.122. The maximum atomic E-state index is 11.8. The molecule has 0 aromatic heterocycles. The Bertz CT molecular complexity index is 463. The van der Waals surface area contributed by atoms with Gasteiger partial charge in [0.05, 0.1) is 10.0 Å². The van der Waals surface area contributed by atoms with Gasteiger partial charge in [-0.3, -0.25) is 9.59 Å². The van der Waals surface area contributed by atoms with Gasteiger partial charge in [-0.25, -0.2) is 0 Å². The first-order valence-electron chi connectivity index (χ1n) is 5.49. The van der Waals surface area contributed by atoms with Crippen LogP contribution in [0.5, 0.6) is 0 Å². The number of hydrogen-bond acceptors (Lipinski definition) is 2. The van der Waals surface area contributed by atoms with Crippen LogP contribution in [0.4, 0.5) is 0 Å². The Labute approximate surface area is 116 Å². The van der Waals surface area contributed by atoms with Crippen LogP contribution in [0.1, 0.15) is 24.2 Å². The first kappa shape index (κ1) is 14.8. The van der Waals surface area contributed by atoms with E-state index < -0.39 is 6.04 Å². The van der Waals surface area contributed by atoms with Gasteiger partial charge in [0, 0.05) is 12.1 Å². The fourth-order valence-electron chi connectivity index (χ4n) is 1.31. The largest absolute Gasteiger partial charge is 0.355 e. The molecule has 1 aromatic carbocycles. The minimum atomic E-state index is -0.605. The van der Waals surface area contributed by atoms with Crippen molar-refractivity contribution >= 4 is 35.0 Å². The normalized spacial score (nSPS) is 11.8. The molecule has 1 aromatic rings. The van der Waals surface area contributed by atoms with E-state index in [0.717, 1.165) is 0 Å². The molecule has 98 valence electrons. The van der Waals surface area contributed by atoms with Crippen molar-refractivity contribution in [1.29, 1.82) is 0 Å². The van der Waals surface area contributed by atoms with Crippen molar-refractivity contribution in [2.45, 2.75) is 19.9 Å². The van der Waals surface area contributed by atoms with Crippen LogP contribution in [0.3, 0.4) is 0 Å². The van der Waals surface area contributed by atoms with E-state index in [9.17, 15) is 9.59 Å². The minimum absolute atomic E-state index is 0.231. The topological polar surface area (TPSA) is 58.2 Å². The molecule has 1 atom stereocenters. The van der Waals surface area contributed by atoms with E-state index >= 15 is 0 Å². The summed E-state index contributed by atoms with van der Waals surface area (Å²) in [6.07, 6.45) is 0. The van der Waals surface area contributed by atoms with Gasteiger partial charge >= 0.3 is 0 Å². The number of benzene rings is 1. The predicted octanol–water partition coefficient (Wildman–Crippen LogP) is 2.25. The fourth-order valence-corrected chi connectivity index (χ4v) is 1.61. The second kappa shape index (κ2) is 6.61. The number of rotatable bonds is 4. The van der Waals surface area contributed by atoms with Crippen molar-refractivity contribution in [3.63, 3.8) is 0 Å². The van der Waals surface area contributed by atoms with Gasteiger partial charge in [0.1, 0.15) is 6.04 Å². The van der Waals surface area contributed by atoms with Crippen molar-refractivity contribution in [1.82, 2.24) is 10.6 Å². The zero-order chi connectivity index (χ0) is 13.7. The molecule has 0 saturated heterocycles. The zero-order valence-corrected chi connectivity index (χ0v) is 11.6. The Morgan fingerprint density at radius 3 is 2.50 bits per heavy atom. The van der Waals surface area contributed by atoms with Crippen LogP contribution in [0.15, 0.2) is 18.2 Å². The summed E-state index contributed by atoms with van der Waals surface area (Å²) in [5, 5.41) is 5.88. The predicted molar refractivity (Wildman–Crippen MR) is 72.1 cm³/mol. The molecule has 6 heteroatoms. The summed E-state index contributed by atoms with van der Waals surface area (Å²) >= 11 is 11.6. The summed E-state index contributed by atoms with van der Waals surface area (Å²) in [6, 6.07) is 3.94. The monoisotopic (exact) mass is 288 g/mol. The van der Waals surface area contributed by atoms with Crippen LogP contribution in [0.25, 0.3) is 0 Å². The second-order valence-corrected chi connectivity index (χ2v) is 4.53. The molecule has 0 saturated carbocycles. The van der Waals surface area contributed by atoms with E-state index in [4.69, 9.17) is 23.2 Å². The Kier molecular flexibility index (Phi) is 5.44. The number of carbonyl (C=O) groups excluding carboxylic acids is 2. The highest BCUT2D eigenvalue weighted by Crippen LogP contribution is 2.22. The van der Waals surface area contributed by atoms with Crippen molar-refractivity contribution in [2.75, 3.05) is 6.54 Å². The second-order valence-electron chi connectivity index (χ2n) is 3.72. The van der Waals surface area contributed by atoms with E-state index in [2.05, 4.69) is 10.6 Å². The highest BCUT2D eigenvalue weighted by atomic mass is 35.5. The highest BCUT2D eigenvalue weighted by Gasteiger charge is 2.16. The summed E-state index contributed by atoms with van der Waals surface area (Å²) < 4.78 is 0. The van der Waals surface area contributed by atoms with Gasteiger partial charge in [-0.15, -0.1) is 0 Å².